The van der Waals surface area contributed by atoms with E-state index in [4.69, 9.17) is 0 Å². The van der Waals surface area contributed by atoms with Gasteiger partial charge in [-0.1, -0.05) is 6.92 Å². The Morgan fingerprint density at radius 2 is 2.12 bits per heavy atom. The molecule has 0 aliphatic carbocycles. The summed E-state index contributed by atoms with van der Waals surface area (Å²) in [6, 6.07) is -0.443. The first kappa shape index (κ1) is 15.7. The van der Waals surface area contributed by atoms with Crippen molar-refractivity contribution in [3.05, 3.63) is 0 Å². The second-order valence-corrected chi connectivity index (χ2v) is 6.30. The molecule has 0 aromatic carbocycles. The van der Waals surface area contributed by atoms with Crippen molar-refractivity contribution < 1.29 is 13.2 Å². The Hall–Kier alpha value is -0.330. The number of halogens is 1. The minimum atomic E-state index is -3.01. The van der Waals surface area contributed by atoms with Gasteiger partial charge in [-0.25, -0.2) is 8.42 Å². The molecule has 0 aromatic heterocycles. The molecule has 0 radical (unpaired) electrons. The molecule has 0 aromatic rings. The standard InChI is InChI=1S/C9H18N2O3S.ClH/c1-3-15(13,14)6-7(2)11-9(12)8-4-5-10-8;/h7-8,10H,3-6H2,1-2H3,(H,11,12);1H/t7?,8-;/m1./s1. The molecule has 96 valence electrons. The maximum atomic E-state index is 11.4. The van der Waals surface area contributed by atoms with E-state index in [2.05, 4.69) is 10.6 Å². The highest BCUT2D eigenvalue weighted by Gasteiger charge is 2.26. The predicted molar refractivity (Wildman–Crippen MR) is 65.6 cm³/mol. The van der Waals surface area contributed by atoms with E-state index >= 15 is 0 Å². The zero-order valence-corrected chi connectivity index (χ0v) is 11.2. The van der Waals surface area contributed by atoms with Gasteiger partial charge in [-0.2, -0.15) is 0 Å². The smallest absolute Gasteiger partial charge is 0.237 e. The van der Waals surface area contributed by atoms with E-state index in [0.29, 0.717) is 0 Å². The van der Waals surface area contributed by atoms with E-state index in [1.807, 2.05) is 0 Å². The zero-order valence-electron chi connectivity index (χ0n) is 9.52. The molecular formula is C9H19ClN2O3S. The average Bonchev–Trinajstić information content (AvgIpc) is 1.99. The van der Waals surface area contributed by atoms with Gasteiger partial charge in [0.25, 0.3) is 0 Å². The summed E-state index contributed by atoms with van der Waals surface area (Å²) in [5.41, 5.74) is 0. The van der Waals surface area contributed by atoms with Gasteiger partial charge >= 0.3 is 0 Å². The van der Waals surface area contributed by atoms with Gasteiger partial charge < -0.3 is 10.6 Å². The van der Waals surface area contributed by atoms with Gasteiger partial charge in [-0.3, -0.25) is 4.79 Å². The first-order valence-corrected chi connectivity index (χ1v) is 7.01. The van der Waals surface area contributed by atoms with Crippen LogP contribution in [0.3, 0.4) is 0 Å². The lowest BCUT2D eigenvalue weighted by atomic mass is 10.1. The van der Waals surface area contributed by atoms with E-state index in [0.717, 1.165) is 13.0 Å². The molecule has 1 saturated heterocycles. The van der Waals surface area contributed by atoms with Crippen LogP contribution in [0, 0.1) is 0 Å². The molecule has 1 amide bonds. The van der Waals surface area contributed by atoms with Gasteiger partial charge in [0.05, 0.1) is 11.8 Å². The van der Waals surface area contributed by atoms with Gasteiger partial charge in [0.1, 0.15) is 0 Å². The van der Waals surface area contributed by atoms with Crippen LogP contribution in [0.4, 0.5) is 0 Å². The SMILES string of the molecule is CCS(=O)(=O)CC(C)NC(=O)[C@H]1CCN1.Cl. The summed E-state index contributed by atoms with van der Waals surface area (Å²) in [6.45, 7) is 4.18. The summed E-state index contributed by atoms with van der Waals surface area (Å²) in [7, 11) is -3.01. The molecule has 1 aliphatic rings. The van der Waals surface area contributed by atoms with E-state index in [1.54, 1.807) is 13.8 Å². The number of amides is 1. The normalized spacial score (nSPS) is 21.5. The summed E-state index contributed by atoms with van der Waals surface area (Å²) < 4.78 is 22.6. The Morgan fingerprint density at radius 3 is 2.50 bits per heavy atom. The Balaban J connectivity index is 0.00000225. The molecule has 0 bridgehead atoms. The minimum Gasteiger partial charge on any atom is -0.351 e. The van der Waals surface area contributed by atoms with Crippen molar-refractivity contribution in [2.75, 3.05) is 18.1 Å². The lowest BCUT2D eigenvalue weighted by molar-refractivity contribution is -0.125. The Labute approximate surface area is 103 Å². The number of hydrogen-bond acceptors (Lipinski definition) is 4. The second-order valence-electron chi connectivity index (χ2n) is 3.90. The van der Waals surface area contributed by atoms with Gasteiger partial charge in [0, 0.05) is 11.8 Å². The number of hydrogen-bond donors (Lipinski definition) is 2. The Kier molecular flexibility index (Phi) is 6.28. The Bertz CT molecular complexity index is 328. The van der Waals surface area contributed by atoms with Gasteiger partial charge in [0.2, 0.25) is 5.91 Å². The molecule has 1 unspecified atom stereocenters. The maximum absolute atomic E-state index is 11.4. The third-order valence-electron chi connectivity index (χ3n) is 2.47. The lowest BCUT2D eigenvalue weighted by Crippen LogP contribution is -2.55. The summed E-state index contributed by atoms with van der Waals surface area (Å²) in [5.74, 6) is 0.0386. The van der Waals surface area contributed by atoms with E-state index in [9.17, 15) is 13.2 Å². The number of carbonyl (C=O) groups is 1. The molecule has 1 fully saturated rings. The van der Waals surface area contributed by atoms with Gasteiger partial charge in [-0.15, -0.1) is 12.4 Å². The molecule has 2 atom stereocenters. The fourth-order valence-electron chi connectivity index (χ4n) is 1.40. The van der Waals surface area contributed by atoms with Crippen molar-refractivity contribution in [3.63, 3.8) is 0 Å². The fraction of sp³-hybridized carbons (Fsp3) is 0.889. The first-order chi connectivity index (χ1) is 6.94. The summed E-state index contributed by atoms with van der Waals surface area (Å²) in [4.78, 5) is 11.4. The molecule has 7 heteroatoms. The highest BCUT2D eigenvalue weighted by molar-refractivity contribution is 7.91. The average molecular weight is 271 g/mol. The number of carbonyl (C=O) groups excluding carboxylic acids is 1. The second kappa shape index (κ2) is 6.42. The van der Waals surface area contributed by atoms with Crippen LogP contribution in [0.2, 0.25) is 0 Å². The van der Waals surface area contributed by atoms with Crippen molar-refractivity contribution in [2.45, 2.75) is 32.4 Å². The van der Waals surface area contributed by atoms with Crippen LogP contribution >= 0.6 is 12.4 Å². The molecule has 2 N–H and O–H groups in total. The van der Waals surface area contributed by atoms with Crippen LogP contribution in [0.5, 0.6) is 0 Å². The third-order valence-corrected chi connectivity index (χ3v) is 4.36. The van der Waals surface area contributed by atoms with Crippen molar-refractivity contribution >= 4 is 28.2 Å². The van der Waals surface area contributed by atoms with Crippen LogP contribution in [-0.4, -0.2) is 44.5 Å². The molecule has 16 heavy (non-hydrogen) atoms. The van der Waals surface area contributed by atoms with Gasteiger partial charge in [-0.05, 0) is 19.9 Å². The minimum absolute atomic E-state index is 0. The third kappa shape index (κ3) is 4.67. The van der Waals surface area contributed by atoms with E-state index < -0.39 is 9.84 Å². The molecule has 0 saturated carbocycles. The molecule has 1 aliphatic heterocycles. The van der Waals surface area contributed by atoms with Crippen LogP contribution in [-0.2, 0) is 14.6 Å². The topological polar surface area (TPSA) is 75.3 Å². The highest BCUT2D eigenvalue weighted by atomic mass is 35.5. The van der Waals surface area contributed by atoms with Crippen LogP contribution in [0.25, 0.3) is 0 Å². The van der Waals surface area contributed by atoms with Crippen molar-refractivity contribution in [1.82, 2.24) is 10.6 Å². The lowest BCUT2D eigenvalue weighted by Gasteiger charge is -2.27. The summed E-state index contributed by atoms with van der Waals surface area (Å²) in [6.07, 6.45) is 0.832. The first-order valence-electron chi connectivity index (χ1n) is 5.19. The summed E-state index contributed by atoms with van der Waals surface area (Å²) >= 11 is 0. The van der Waals surface area contributed by atoms with Crippen molar-refractivity contribution in [1.29, 1.82) is 0 Å². The van der Waals surface area contributed by atoms with Gasteiger partial charge in [0.15, 0.2) is 9.84 Å². The molecular weight excluding hydrogens is 252 g/mol. The number of nitrogens with one attached hydrogen (secondary N) is 2. The number of sulfone groups is 1. The molecule has 0 spiro atoms. The van der Waals surface area contributed by atoms with Crippen molar-refractivity contribution in [3.8, 4) is 0 Å². The van der Waals surface area contributed by atoms with E-state index in [1.165, 1.54) is 0 Å². The quantitative estimate of drug-likeness (QED) is 0.720. The highest BCUT2D eigenvalue weighted by Crippen LogP contribution is 2.02. The molecule has 5 nitrogen and oxygen atoms in total. The molecule has 1 rings (SSSR count). The monoisotopic (exact) mass is 270 g/mol. The molecule has 1 heterocycles. The van der Waals surface area contributed by atoms with Crippen LogP contribution in [0.1, 0.15) is 20.3 Å². The fourth-order valence-corrected chi connectivity index (χ4v) is 2.48. The van der Waals surface area contributed by atoms with E-state index in [-0.39, 0.29) is 41.9 Å². The Morgan fingerprint density at radius 1 is 1.56 bits per heavy atom. The van der Waals surface area contributed by atoms with Crippen LogP contribution in [0.15, 0.2) is 0 Å². The van der Waals surface area contributed by atoms with Crippen LogP contribution < -0.4 is 10.6 Å². The largest absolute Gasteiger partial charge is 0.351 e. The maximum Gasteiger partial charge on any atom is 0.237 e. The zero-order chi connectivity index (χ0) is 11.5. The summed E-state index contributed by atoms with van der Waals surface area (Å²) in [5, 5.41) is 5.66. The van der Waals surface area contributed by atoms with Crippen molar-refractivity contribution in [2.24, 2.45) is 0 Å². The number of rotatable bonds is 5. The predicted octanol–water partition coefficient (Wildman–Crippen LogP) is -0.290.